The number of nitrogens with one attached hydrogen (secondary N) is 1. The molecule has 0 radical (unpaired) electrons. The molecule has 2 aliphatic rings. The highest BCUT2D eigenvalue weighted by Crippen LogP contribution is 2.34. The topological polar surface area (TPSA) is 90.3 Å². The van der Waals surface area contributed by atoms with E-state index in [4.69, 9.17) is 0 Å². The van der Waals surface area contributed by atoms with E-state index in [1.54, 1.807) is 6.92 Å². The minimum Gasteiger partial charge on any atom is -0.336 e. The second-order valence-electron chi connectivity index (χ2n) is 6.44. The number of allylic oxidation sites excluding steroid dienone is 2. The smallest absolute Gasteiger partial charge is 0.241 e. The lowest BCUT2D eigenvalue weighted by atomic mass is 9.85. The molecule has 0 aromatic heterocycles. The van der Waals surface area contributed by atoms with E-state index in [1.807, 2.05) is 26.0 Å². The van der Waals surface area contributed by atoms with Crippen LogP contribution >= 0.6 is 0 Å². The van der Waals surface area contributed by atoms with Crippen molar-refractivity contribution in [2.24, 2.45) is 17.8 Å². The number of likely N-dealkylation sites (tertiary alicyclic amines) is 1. The van der Waals surface area contributed by atoms with Crippen molar-refractivity contribution in [2.75, 3.05) is 6.54 Å². The molecule has 1 aliphatic carbocycles. The van der Waals surface area contributed by atoms with Crippen LogP contribution in [0.2, 0.25) is 0 Å². The first-order valence-electron chi connectivity index (χ1n) is 7.52. The zero-order valence-corrected chi connectivity index (χ0v) is 13.1. The van der Waals surface area contributed by atoms with E-state index >= 15 is 0 Å². The van der Waals surface area contributed by atoms with Gasteiger partial charge in [-0.15, -0.1) is 0 Å². The average molecular weight is 303 g/mol. The fraction of sp³-hybridized carbons (Fsp3) is 0.625. The quantitative estimate of drug-likeness (QED) is 0.619. The molecule has 22 heavy (non-hydrogen) atoms. The first-order valence-corrected chi connectivity index (χ1v) is 7.52. The van der Waals surface area contributed by atoms with E-state index in [-0.39, 0.29) is 36.1 Å². The molecule has 6 nitrogen and oxygen atoms in total. The zero-order valence-electron chi connectivity index (χ0n) is 13.1. The highest BCUT2D eigenvalue weighted by atomic mass is 16.2. The number of nitriles is 1. The molecule has 118 valence electrons. The van der Waals surface area contributed by atoms with Gasteiger partial charge in [-0.2, -0.15) is 5.26 Å². The number of carbonyl (C=O) groups is 3. The molecule has 0 aromatic rings. The first kappa shape index (κ1) is 16.2. The van der Waals surface area contributed by atoms with Gasteiger partial charge in [0, 0.05) is 0 Å². The summed E-state index contributed by atoms with van der Waals surface area (Å²) in [6, 6.07) is 2.08. The number of carbonyl (C=O) groups excluding carboxylic acids is 3. The van der Waals surface area contributed by atoms with Crippen LogP contribution in [-0.2, 0) is 14.4 Å². The Kier molecular flexibility index (Phi) is 4.36. The van der Waals surface area contributed by atoms with Gasteiger partial charge in [-0.1, -0.05) is 26.0 Å². The Balaban J connectivity index is 2.05. The van der Waals surface area contributed by atoms with Gasteiger partial charge in [0.1, 0.15) is 12.1 Å². The van der Waals surface area contributed by atoms with Gasteiger partial charge in [0.2, 0.25) is 17.7 Å². The summed E-state index contributed by atoms with van der Waals surface area (Å²) in [5, 5.41) is 11.8. The number of hydrogen-bond acceptors (Lipinski definition) is 4. The number of hydrogen-bond donors (Lipinski definition) is 1. The molecular weight excluding hydrogens is 282 g/mol. The van der Waals surface area contributed by atoms with Crippen LogP contribution < -0.4 is 5.32 Å². The third-order valence-electron chi connectivity index (χ3n) is 4.69. The third kappa shape index (κ3) is 2.76. The Morgan fingerprint density at radius 2 is 1.86 bits per heavy atom. The van der Waals surface area contributed by atoms with Gasteiger partial charge < -0.3 is 5.32 Å². The van der Waals surface area contributed by atoms with Crippen molar-refractivity contribution in [3.8, 4) is 6.07 Å². The molecule has 2 rings (SSSR count). The Bertz CT molecular complexity index is 550. The van der Waals surface area contributed by atoms with Gasteiger partial charge >= 0.3 is 0 Å². The van der Waals surface area contributed by atoms with Gasteiger partial charge in [-0.25, -0.2) is 0 Å². The number of rotatable bonds is 4. The SMILES string of the molecule is CC(C)[C@@](C)(C#N)NC(=O)CN1C(=O)[C@H]2CC=CC[C@@H]2C1=O. The molecule has 6 heteroatoms. The number of amides is 3. The van der Waals surface area contributed by atoms with Gasteiger partial charge in [-0.05, 0) is 25.7 Å². The van der Waals surface area contributed by atoms with Crippen molar-refractivity contribution >= 4 is 17.7 Å². The average Bonchev–Trinajstić information content (AvgIpc) is 2.72. The lowest BCUT2D eigenvalue weighted by molar-refractivity contribution is -0.144. The molecule has 0 unspecified atom stereocenters. The first-order chi connectivity index (χ1) is 10.3. The van der Waals surface area contributed by atoms with Crippen molar-refractivity contribution in [3.63, 3.8) is 0 Å². The van der Waals surface area contributed by atoms with E-state index in [1.165, 1.54) is 0 Å². The number of fused-ring (bicyclic) bond motifs is 1. The Hall–Kier alpha value is -2.16. The lowest BCUT2D eigenvalue weighted by Gasteiger charge is -2.28. The molecule has 3 atom stereocenters. The summed E-state index contributed by atoms with van der Waals surface area (Å²) >= 11 is 0. The second kappa shape index (κ2) is 5.91. The molecular formula is C16H21N3O3. The summed E-state index contributed by atoms with van der Waals surface area (Å²) in [5.41, 5.74) is -1.02. The Labute approximate surface area is 130 Å². The Morgan fingerprint density at radius 3 is 2.27 bits per heavy atom. The molecule has 1 saturated heterocycles. The van der Waals surface area contributed by atoms with Crippen LogP contribution in [0.3, 0.4) is 0 Å². The summed E-state index contributed by atoms with van der Waals surface area (Å²) < 4.78 is 0. The van der Waals surface area contributed by atoms with Crippen LogP contribution in [0.5, 0.6) is 0 Å². The monoisotopic (exact) mass is 303 g/mol. The van der Waals surface area contributed by atoms with Crippen LogP contribution in [0.15, 0.2) is 12.2 Å². The largest absolute Gasteiger partial charge is 0.336 e. The van der Waals surface area contributed by atoms with Crippen molar-refractivity contribution in [1.29, 1.82) is 5.26 Å². The molecule has 1 heterocycles. The van der Waals surface area contributed by atoms with E-state index in [9.17, 15) is 19.6 Å². The van der Waals surface area contributed by atoms with Gasteiger partial charge in [0.25, 0.3) is 0 Å². The summed E-state index contributed by atoms with van der Waals surface area (Å²) in [5.74, 6) is -1.80. The van der Waals surface area contributed by atoms with Crippen LogP contribution in [0.25, 0.3) is 0 Å². The standard InChI is InChI=1S/C16H21N3O3/c1-10(2)16(3,9-17)18-13(20)8-19-14(21)11-6-4-5-7-12(11)15(19)22/h4-5,10-12H,6-8H2,1-3H3,(H,18,20)/t11-,12-,16+/m0/s1. The highest BCUT2D eigenvalue weighted by Gasteiger charge is 2.48. The summed E-state index contributed by atoms with van der Waals surface area (Å²) in [6.45, 7) is 4.98. The van der Waals surface area contributed by atoms with Crippen molar-refractivity contribution in [1.82, 2.24) is 10.2 Å². The lowest BCUT2D eigenvalue weighted by Crippen LogP contribution is -2.52. The van der Waals surface area contributed by atoms with Crippen LogP contribution in [0.4, 0.5) is 0 Å². The molecule has 1 N–H and O–H groups in total. The predicted molar refractivity (Wildman–Crippen MR) is 79.1 cm³/mol. The normalized spacial score (nSPS) is 26.6. The second-order valence-corrected chi connectivity index (χ2v) is 6.44. The maximum Gasteiger partial charge on any atom is 0.241 e. The summed E-state index contributed by atoms with van der Waals surface area (Å²) in [7, 11) is 0. The predicted octanol–water partition coefficient (Wildman–Crippen LogP) is 0.992. The fourth-order valence-electron chi connectivity index (χ4n) is 2.80. The van der Waals surface area contributed by atoms with E-state index < -0.39 is 11.4 Å². The minimum atomic E-state index is -1.02. The van der Waals surface area contributed by atoms with Crippen molar-refractivity contribution in [2.45, 2.75) is 39.2 Å². The third-order valence-corrected chi connectivity index (χ3v) is 4.69. The minimum absolute atomic E-state index is 0.0850. The van der Waals surface area contributed by atoms with Gasteiger partial charge in [0.05, 0.1) is 17.9 Å². The molecule has 3 amide bonds. The van der Waals surface area contributed by atoms with E-state index in [0.717, 1.165) is 4.90 Å². The van der Waals surface area contributed by atoms with Gasteiger partial charge in [0.15, 0.2) is 0 Å². The van der Waals surface area contributed by atoms with Crippen molar-refractivity contribution in [3.05, 3.63) is 12.2 Å². The van der Waals surface area contributed by atoms with E-state index in [0.29, 0.717) is 12.8 Å². The molecule has 0 aromatic carbocycles. The molecule has 0 spiro atoms. The Morgan fingerprint density at radius 1 is 1.36 bits per heavy atom. The van der Waals surface area contributed by atoms with Crippen LogP contribution in [0, 0.1) is 29.1 Å². The number of imide groups is 1. The molecule has 0 saturated carbocycles. The molecule has 1 fully saturated rings. The van der Waals surface area contributed by atoms with Crippen molar-refractivity contribution < 1.29 is 14.4 Å². The zero-order chi connectivity index (χ0) is 16.5. The maximum absolute atomic E-state index is 12.3. The van der Waals surface area contributed by atoms with E-state index in [2.05, 4.69) is 11.4 Å². The number of nitrogens with zero attached hydrogens (tertiary/aromatic N) is 2. The summed E-state index contributed by atoms with van der Waals surface area (Å²) in [6.07, 6.45) is 4.91. The fourth-order valence-corrected chi connectivity index (χ4v) is 2.80. The summed E-state index contributed by atoms with van der Waals surface area (Å²) in [4.78, 5) is 37.7. The van der Waals surface area contributed by atoms with Crippen LogP contribution in [0.1, 0.15) is 33.6 Å². The highest BCUT2D eigenvalue weighted by molar-refractivity contribution is 6.07. The maximum atomic E-state index is 12.3. The van der Waals surface area contributed by atoms with Gasteiger partial charge in [-0.3, -0.25) is 19.3 Å². The van der Waals surface area contributed by atoms with Crippen LogP contribution in [-0.4, -0.2) is 34.7 Å². The molecule has 1 aliphatic heterocycles. The molecule has 0 bridgehead atoms.